The van der Waals surface area contributed by atoms with Gasteiger partial charge in [-0.1, -0.05) is 12.1 Å². The quantitative estimate of drug-likeness (QED) is 0.0563. The molecule has 0 aliphatic carbocycles. The number of fused-ring (bicyclic) bond motifs is 1. The maximum atomic E-state index is 12.5. The maximum absolute atomic E-state index is 12.5. The van der Waals surface area contributed by atoms with Gasteiger partial charge in [0, 0.05) is 5.70 Å². The lowest BCUT2D eigenvalue weighted by Crippen LogP contribution is -2.45. The molecule has 0 unspecified atom stereocenters. The van der Waals surface area contributed by atoms with Gasteiger partial charge in [-0.2, -0.15) is 5.10 Å². The minimum atomic E-state index is -1.17. The van der Waals surface area contributed by atoms with Crippen molar-refractivity contribution in [1.29, 1.82) is 0 Å². The van der Waals surface area contributed by atoms with Crippen molar-refractivity contribution < 1.29 is 47.9 Å². The van der Waals surface area contributed by atoms with Crippen LogP contribution >= 0.6 is 22.6 Å². The molecule has 260 valence electrons. The zero-order valence-corrected chi connectivity index (χ0v) is 29.5. The summed E-state index contributed by atoms with van der Waals surface area (Å²) >= 11 is 2.18. The number of nitrogens with zero attached hydrogens (tertiary/aromatic N) is 1. The van der Waals surface area contributed by atoms with Crippen LogP contribution in [0.1, 0.15) is 43.5 Å². The first kappa shape index (κ1) is 35.4. The number of hydrazone groups is 1. The first-order chi connectivity index (χ1) is 23.7. The average Bonchev–Trinajstić information content (AvgIpc) is 3.55. The Kier molecular flexibility index (Phi) is 11.9. The third-order valence-electron chi connectivity index (χ3n) is 7.26. The molecule has 2 heterocycles. The second-order valence-electron chi connectivity index (χ2n) is 10.7. The van der Waals surface area contributed by atoms with Crippen LogP contribution in [-0.4, -0.2) is 63.3 Å². The van der Waals surface area contributed by atoms with E-state index in [2.05, 4.69) is 43.8 Å². The Balaban J connectivity index is 1.21. The largest absolute Gasteiger partial charge is 0.490 e. The van der Waals surface area contributed by atoms with E-state index in [0.29, 0.717) is 65.6 Å². The Morgan fingerprint density at radius 3 is 2.59 bits per heavy atom. The van der Waals surface area contributed by atoms with Gasteiger partial charge >= 0.3 is 12.0 Å². The van der Waals surface area contributed by atoms with E-state index in [1.165, 1.54) is 7.11 Å². The highest BCUT2D eigenvalue weighted by molar-refractivity contribution is 14.1. The molecule has 2 atom stereocenters. The van der Waals surface area contributed by atoms with Crippen LogP contribution in [0, 0.1) is 3.57 Å². The molecule has 5 rings (SSSR count). The van der Waals surface area contributed by atoms with Gasteiger partial charge in [-0.15, -0.1) is 0 Å². The molecule has 0 spiro atoms. The van der Waals surface area contributed by atoms with Crippen LogP contribution in [0.25, 0.3) is 0 Å². The van der Waals surface area contributed by atoms with E-state index in [0.717, 1.165) is 14.7 Å². The zero-order valence-electron chi connectivity index (χ0n) is 27.3. The maximum Gasteiger partial charge on any atom is 0.337 e. The number of esters is 1. The van der Waals surface area contributed by atoms with E-state index in [-0.39, 0.29) is 19.0 Å². The van der Waals surface area contributed by atoms with Gasteiger partial charge in [0.25, 0.3) is 0 Å². The number of hydrogen-bond acceptors (Lipinski definition) is 12. The number of allylic oxidation sites excluding steroid dienone is 1. The Hall–Kier alpha value is -4.90. The van der Waals surface area contributed by atoms with Crippen molar-refractivity contribution in [2.24, 2.45) is 5.10 Å². The predicted octanol–water partition coefficient (Wildman–Crippen LogP) is 4.52. The summed E-state index contributed by atoms with van der Waals surface area (Å²) in [6.45, 7) is 6.44. The summed E-state index contributed by atoms with van der Waals surface area (Å²) in [7, 11) is 1.27. The van der Waals surface area contributed by atoms with Crippen LogP contribution in [0.2, 0.25) is 0 Å². The van der Waals surface area contributed by atoms with Gasteiger partial charge in [0.05, 0.1) is 41.7 Å². The molecule has 0 fully saturated rings. The van der Waals surface area contributed by atoms with Gasteiger partial charge in [0.2, 0.25) is 6.79 Å². The lowest BCUT2D eigenvalue weighted by Gasteiger charge is -2.28. The molecule has 3 aromatic carbocycles. The SMILES string of the molecule is CCOc1cc([C@H]2NC(=O)NC(C)=C2C(=O)OC)ccc1OC[C@H](O)N/N=C\c1cc(I)c(OCc2ccc3c(c2)OCO3)c(OCC)c1. The monoisotopic (exact) mass is 788 g/mol. The summed E-state index contributed by atoms with van der Waals surface area (Å²) in [4.78, 5) is 24.7. The summed E-state index contributed by atoms with van der Waals surface area (Å²) in [5.74, 6) is 2.69. The lowest BCUT2D eigenvalue weighted by atomic mass is 9.95. The number of carbonyl (C=O) groups excluding carboxylic acids is 2. The topological polar surface area (TPSA) is 167 Å². The molecule has 2 aliphatic heterocycles. The van der Waals surface area contributed by atoms with Crippen LogP contribution in [0.3, 0.4) is 0 Å². The van der Waals surface area contributed by atoms with Crippen molar-refractivity contribution in [1.82, 2.24) is 16.1 Å². The molecule has 2 amide bonds. The van der Waals surface area contributed by atoms with E-state index in [1.54, 1.807) is 37.4 Å². The molecule has 49 heavy (non-hydrogen) atoms. The van der Waals surface area contributed by atoms with Crippen LogP contribution in [0.15, 0.2) is 64.9 Å². The average molecular weight is 789 g/mol. The third-order valence-corrected chi connectivity index (χ3v) is 8.06. The number of aliphatic hydroxyl groups excluding tert-OH is 1. The fourth-order valence-corrected chi connectivity index (χ4v) is 5.85. The van der Waals surface area contributed by atoms with Gasteiger partial charge in [-0.25, -0.2) is 9.59 Å². The van der Waals surface area contributed by atoms with Gasteiger partial charge in [-0.3, -0.25) is 5.43 Å². The number of aliphatic hydroxyl groups is 1. The molecular formula is C34H37IN4O10. The van der Waals surface area contributed by atoms with Gasteiger partial charge in [-0.05, 0) is 96.5 Å². The smallest absolute Gasteiger partial charge is 0.337 e. The molecular weight excluding hydrogens is 751 g/mol. The number of amides is 2. The van der Waals surface area contributed by atoms with Crippen molar-refractivity contribution in [3.05, 3.63) is 80.1 Å². The number of hydrogen-bond donors (Lipinski definition) is 4. The first-order valence-electron chi connectivity index (χ1n) is 15.4. The molecule has 2 aliphatic rings. The number of carbonyl (C=O) groups is 2. The molecule has 15 heteroatoms. The first-order valence-corrected chi connectivity index (χ1v) is 16.5. The van der Waals surface area contributed by atoms with Gasteiger partial charge in [0.1, 0.15) is 13.2 Å². The molecule has 0 radical (unpaired) electrons. The fraction of sp³-hybridized carbons (Fsp3) is 0.324. The minimum Gasteiger partial charge on any atom is -0.490 e. The molecule has 0 bridgehead atoms. The number of ether oxygens (including phenoxy) is 7. The highest BCUT2D eigenvalue weighted by Gasteiger charge is 2.32. The Morgan fingerprint density at radius 1 is 1.04 bits per heavy atom. The Morgan fingerprint density at radius 2 is 1.82 bits per heavy atom. The summed E-state index contributed by atoms with van der Waals surface area (Å²) < 4.78 is 40.2. The van der Waals surface area contributed by atoms with Crippen molar-refractivity contribution in [3.63, 3.8) is 0 Å². The number of methoxy groups -OCH3 is 1. The Labute approximate surface area is 296 Å². The van der Waals surface area contributed by atoms with E-state index in [4.69, 9.17) is 33.2 Å². The number of urea groups is 1. The van der Waals surface area contributed by atoms with Crippen LogP contribution in [-0.2, 0) is 16.1 Å². The number of rotatable bonds is 15. The molecule has 4 N–H and O–H groups in total. The van der Waals surface area contributed by atoms with Crippen molar-refractivity contribution in [2.75, 3.05) is 33.7 Å². The molecule has 0 saturated carbocycles. The molecule has 0 saturated heterocycles. The fourth-order valence-electron chi connectivity index (χ4n) is 5.07. The van der Waals surface area contributed by atoms with Crippen molar-refractivity contribution in [3.8, 4) is 34.5 Å². The van der Waals surface area contributed by atoms with E-state index < -0.39 is 24.3 Å². The summed E-state index contributed by atoms with van der Waals surface area (Å²) in [5, 5.41) is 20.1. The second-order valence-corrected chi connectivity index (χ2v) is 11.8. The van der Waals surface area contributed by atoms with Crippen LogP contribution in [0.5, 0.6) is 34.5 Å². The minimum absolute atomic E-state index is 0.165. The standard InChI is InChI=1S/C34H37IN4O10/c1-5-44-27-14-22(31-30(33(41)43-4)19(3)37-34(42)38-31)8-10-24(27)46-17-29(40)39-36-15-21-11-23(35)32(28(13-21)45-6-2)47-16-20-7-9-25-26(12-20)49-18-48-25/h7-15,29,31,39-40H,5-6,16-18H2,1-4H3,(H2,37,38,42)/b36-15-/t29-,31+/m0/s1. The van der Waals surface area contributed by atoms with Crippen molar-refractivity contribution >= 4 is 40.8 Å². The lowest BCUT2D eigenvalue weighted by molar-refractivity contribution is -0.136. The summed E-state index contributed by atoms with van der Waals surface area (Å²) in [5.41, 5.74) is 5.54. The number of nitrogens with one attached hydrogen (secondary N) is 3. The van der Waals surface area contributed by atoms with Crippen molar-refractivity contribution in [2.45, 2.75) is 39.6 Å². The normalized spacial score (nSPS) is 15.7. The third kappa shape index (κ3) is 8.77. The van der Waals surface area contributed by atoms with Gasteiger partial charge in [0.15, 0.2) is 40.7 Å². The zero-order chi connectivity index (χ0) is 34.9. The molecule has 14 nitrogen and oxygen atoms in total. The highest BCUT2D eigenvalue weighted by atomic mass is 127. The summed E-state index contributed by atoms with van der Waals surface area (Å²) in [6, 6.07) is 13.1. The predicted molar refractivity (Wildman–Crippen MR) is 186 cm³/mol. The van der Waals surface area contributed by atoms with E-state index in [9.17, 15) is 14.7 Å². The summed E-state index contributed by atoms with van der Waals surface area (Å²) in [6.07, 6.45) is 0.387. The molecule has 3 aromatic rings. The number of benzene rings is 3. The number of halogens is 1. The van der Waals surface area contributed by atoms with Gasteiger partial charge < -0.3 is 48.9 Å². The van der Waals surface area contributed by atoms with E-state index in [1.807, 2.05) is 38.1 Å². The second kappa shape index (κ2) is 16.5. The molecule has 0 aromatic heterocycles. The van der Waals surface area contributed by atoms with E-state index >= 15 is 0 Å². The van der Waals surface area contributed by atoms with Crippen LogP contribution in [0.4, 0.5) is 4.79 Å². The van der Waals surface area contributed by atoms with Crippen LogP contribution < -0.4 is 44.5 Å². The Bertz CT molecular complexity index is 1750. The highest BCUT2D eigenvalue weighted by Crippen LogP contribution is 2.37.